The van der Waals surface area contributed by atoms with Crippen LogP contribution in [0.1, 0.15) is 17.9 Å². The van der Waals surface area contributed by atoms with E-state index in [9.17, 15) is 14.4 Å². The zero-order valence-corrected chi connectivity index (χ0v) is 13.2. The molecule has 0 N–H and O–H groups in total. The maximum absolute atomic E-state index is 12.6. The van der Waals surface area contributed by atoms with Crippen LogP contribution >= 0.6 is 0 Å². The number of hydrogen-bond acceptors (Lipinski definition) is 5. The molecule has 1 aliphatic rings. The van der Waals surface area contributed by atoms with Crippen molar-refractivity contribution in [1.82, 2.24) is 0 Å². The molecular weight excluding hydrogens is 296 g/mol. The molecule has 1 aliphatic carbocycles. The van der Waals surface area contributed by atoms with Crippen LogP contribution in [0, 0.1) is 17.3 Å². The van der Waals surface area contributed by atoms with Gasteiger partial charge in [0.25, 0.3) is 0 Å². The van der Waals surface area contributed by atoms with Crippen LogP contribution in [0.4, 0.5) is 0 Å². The molecule has 1 aromatic rings. The molecule has 3 unspecified atom stereocenters. The average Bonchev–Trinajstić information content (AvgIpc) is 2.96. The monoisotopic (exact) mass is 316 g/mol. The van der Waals surface area contributed by atoms with Crippen molar-refractivity contribution < 1.29 is 23.9 Å². The smallest absolute Gasteiger partial charge is 0.323 e. The normalized spacial score (nSPS) is 25.4. The lowest BCUT2D eigenvalue weighted by molar-refractivity contribution is -0.170. The number of esters is 2. The number of ether oxygens (including phenoxy) is 2. The summed E-state index contributed by atoms with van der Waals surface area (Å²) in [4.78, 5) is 36.9. The Kier molecular flexibility index (Phi) is 4.98. The Labute approximate surface area is 135 Å². The van der Waals surface area contributed by atoms with E-state index in [1.807, 2.05) is 6.07 Å². The van der Waals surface area contributed by atoms with Crippen LogP contribution in [0.3, 0.4) is 0 Å². The van der Waals surface area contributed by atoms with Gasteiger partial charge < -0.3 is 14.3 Å². The minimum Gasteiger partial charge on any atom is -0.468 e. The highest BCUT2D eigenvalue weighted by Crippen LogP contribution is 2.56. The van der Waals surface area contributed by atoms with E-state index >= 15 is 0 Å². The van der Waals surface area contributed by atoms with Crippen LogP contribution in [-0.4, -0.2) is 32.4 Å². The molecule has 3 atom stereocenters. The lowest BCUT2D eigenvalue weighted by atomic mass is 9.71. The molecule has 1 aromatic carbocycles. The van der Waals surface area contributed by atoms with Gasteiger partial charge in [0.15, 0.2) is 5.41 Å². The summed E-state index contributed by atoms with van der Waals surface area (Å²) >= 11 is 0. The van der Waals surface area contributed by atoms with Crippen LogP contribution in [0.2, 0.25) is 0 Å². The van der Waals surface area contributed by atoms with E-state index in [-0.39, 0.29) is 12.3 Å². The van der Waals surface area contributed by atoms with Crippen molar-refractivity contribution in [3.8, 4) is 0 Å². The zero-order valence-electron chi connectivity index (χ0n) is 13.2. The van der Waals surface area contributed by atoms with Gasteiger partial charge in [-0.15, -0.1) is 6.58 Å². The number of allylic oxidation sites excluding steroid dienone is 1. The first-order valence-corrected chi connectivity index (χ1v) is 7.36. The lowest BCUT2D eigenvalue weighted by Crippen LogP contribution is -2.44. The van der Waals surface area contributed by atoms with E-state index in [1.165, 1.54) is 14.2 Å². The fourth-order valence-electron chi connectivity index (χ4n) is 3.67. The summed E-state index contributed by atoms with van der Waals surface area (Å²) in [5, 5.41) is 0. The maximum atomic E-state index is 12.6. The predicted octanol–water partition coefficient (Wildman–Crippen LogP) is 2.12. The fraction of sp³-hybridized carbons (Fsp3) is 0.389. The molecule has 0 heterocycles. The third-order valence-electron chi connectivity index (χ3n) is 4.69. The van der Waals surface area contributed by atoms with Gasteiger partial charge in [-0.1, -0.05) is 36.4 Å². The second kappa shape index (κ2) is 6.77. The molecule has 1 saturated carbocycles. The van der Waals surface area contributed by atoms with Crippen molar-refractivity contribution in [2.45, 2.75) is 12.3 Å². The highest BCUT2D eigenvalue weighted by molar-refractivity contribution is 6.02. The van der Waals surface area contributed by atoms with Crippen LogP contribution in [0.15, 0.2) is 43.0 Å². The van der Waals surface area contributed by atoms with Crippen molar-refractivity contribution >= 4 is 18.2 Å². The van der Waals surface area contributed by atoms with Crippen molar-refractivity contribution in [3.05, 3.63) is 48.6 Å². The van der Waals surface area contributed by atoms with E-state index in [2.05, 4.69) is 6.58 Å². The van der Waals surface area contributed by atoms with Crippen LogP contribution in [0.5, 0.6) is 0 Å². The number of benzene rings is 1. The van der Waals surface area contributed by atoms with Gasteiger partial charge in [-0.25, -0.2) is 0 Å². The van der Waals surface area contributed by atoms with Crippen LogP contribution in [-0.2, 0) is 23.9 Å². The zero-order chi connectivity index (χ0) is 17.0. The summed E-state index contributed by atoms with van der Waals surface area (Å²) in [7, 11) is 2.46. The Hall–Kier alpha value is -2.43. The Morgan fingerprint density at radius 1 is 1.17 bits per heavy atom. The van der Waals surface area contributed by atoms with E-state index in [4.69, 9.17) is 9.47 Å². The third-order valence-corrected chi connectivity index (χ3v) is 4.69. The SMILES string of the molecule is C=CC1CC(C(=O)OC)(C(=O)OC)C(c2ccccc2)C1C=O. The molecule has 0 aliphatic heterocycles. The van der Waals surface area contributed by atoms with Gasteiger partial charge in [-0.2, -0.15) is 0 Å². The molecule has 5 nitrogen and oxygen atoms in total. The summed E-state index contributed by atoms with van der Waals surface area (Å²) in [5.41, 5.74) is -0.820. The highest BCUT2D eigenvalue weighted by atomic mass is 16.5. The molecule has 0 bridgehead atoms. The van der Waals surface area contributed by atoms with Gasteiger partial charge in [0.05, 0.1) is 14.2 Å². The summed E-state index contributed by atoms with van der Waals surface area (Å²) < 4.78 is 9.82. The number of aldehydes is 1. The fourth-order valence-corrected chi connectivity index (χ4v) is 3.67. The largest absolute Gasteiger partial charge is 0.468 e. The molecule has 0 aromatic heterocycles. The quantitative estimate of drug-likeness (QED) is 0.360. The topological polar surface area (TPSA) is 69.7 Å². The number of carbonyl (C=O) groups is 3. The molecule has 2 rings (SSSR count). The maximum Gasteiger partial charge on any atom is 0.323 e. The molecule has 0 amide bonds. The van der Waals surface area contributed by atoms with Crippen molar-refractivity contribution in [3.63, 3.8) is 0 Å². The number of carbonyl (C=O) groups excluding carboxylic acids is 3. The van der Waals surface area contributed by atoms with Crippen LogP contribution < -0.4 is 0 Å². The van der Waals surface area contributed by atoms with Gasteiger partial charge in [-0.05, 0) is 17.9 Å². The van der Waals surface area contributed by atoms with E-state index in [1.54, 1.807) is 30.3 Å². The Bertz CT molecular complexity index is 591. The molecule has 5 heteroatoms. The number of rotatable bonds is 5. The van der Waals surface area contributed by atoms with Gasteiger partial charge in [0.1, 0.15) is 6.29 Å². The predicted molar refractivity (Wildman–Crippen MR) is 83.5 cm³/mol. The molecule has 0 radical (unpaired) electrons. The second-order valence-corrected chi connectivity index (χ2v) is 5.66. The first kappa shape index (κ1) is 16.9. The minimum absolute atomic E-state index is 0.138. The van der Waals surface area contributed by atoms with E-state index in [0.29, 0.717) is 0 Å². The van der Waals surface area contributed by atoms with E-state index < -0.39 is 29.2 Å². The second-order valence-electron chi connectivity index (χ2n) is 5.66. The molecule has 122 valence electrons. The van der Waals surface area contributed by atoms with Gasteiger partial charge in [-0.3, -0.25) is 9.59 Å². The summed E-state index contributed by atoms with van der Waals surface area (Å²) in [6.45, 7) is 3.74. The van der Waals surface area contributed by atoms with E-state index in [0.717, 1.165) is 11.8 Å². The number of methoxy groups -OCH3 is 2. The summed E-state index contributed by atoms with van der Waals surface area (Å²) in [5.74, 6) is -2.88. The van der Waals surface area contributed by atoms with Gasteiger partial charge in [0, 0.05) is 11.8 Å². The Balaban J connectivity index is 2.69. The standard InChI is InChI=1S/C18H20O5/c1-4-12-10-18(16(20)22-2,17(21)23-3)15(14(12)11-19)13-8-6-5-7-9-13/h4-9,11-12,14-15H,1,10H2,2-3H3. The summed E-state index contributed by atoms with van der Waals surface area (Å²) in [6, 6.07) is 9.04. The average molecular weight is 316 g/mol. The first-order valence-electron chi connectivity index (χ1n) is 7.36. The van der Waals surface area contributed by atoms with Crippen molar-refractivity contribution in [2.24, 2.45) is 17.3 Å². The molecule has 0 spiro atoms. The van der Waals surface area contributed by atoms with Gasteiger partial charge >= 0.3 is 11.9 Å². The van der Waals surface area contributed by atoms with Gasteiger partial charge in [0.2, 0.25) is 0 Å². The molecule has 23 heavy (non-hydrogen) atoms. The Morgan fingerprint density at radius 3 is 2.17 bits per heavy atom. The molecule has 0 saturated heterocycles. The van der Waals surface area contributed by atoms with Crippen LogP contribution in [0.25, 0.3) is 0 Å². The lowest BCUT2D eigenvalue weighted by Gasteiger charge is -2.31. The summed E-state index contributed by atoms with van der Waals surface area (Å²) in [6.07, 6.45) is 2.54. The Morgan fingerprint density at radius 2 is 1.74 bits per heavy atom. The minimum atomic E-state index is -1.55. The number of hydrogen-bond donors (Lipinski definition) is 0. The van der Waals surface area contributed by atoms with Crippen molar-refractivity contribution in [1.29, 1.82) is 0 Å². The molecular formula is C18H20O5. The molecule has 1 fully saturated rings. The van der Waals surface area contributed by atoms with Crippen molar-refractivity contribution in [2.75, 3.05) is 14.2 Å². The highest BCUT2D eigenvalue weighted by Gasteiger charge is 2.63. The first-order chi connectivity index (χ1) is 11.1. The third kappa shape index (κ3) is 2.56.